The molecule has 0 spiro atoms. The summed E-state index contributed by atoms with van der Waals surface area (Å²) in [4.78, 5) is 16.7. The number of carbonyl (C=O) groups excluding carboxylic acids is 1. The van der Waals surface area contributed by atoms with Gasteiger partial charge in [-0.1, -0.05) is 0 Å². The number of morpholine rings is 1. The normalized spacial score (nSPS) is 28.4. The lowest BCUT2D eigenvalue weighted by Gasteiger charge is -2.33. The number of likely N-dealkylation sites (tertiary alicyclic amines) is 1. The molecule has 3 fully saturated rings. The Morgan fingerprint density at radius 3 is 2.25 bits per heavy atom. The third kappa shape index (κ3) is 4.47. The summed E-state index contributed by atoms with van der Waals surface area (Å²) in [5.41, 5.74) is 0. The van der Waals surface area contributed by atoms with Crippen molar-refractivity contribution in [3.8, 4) is 0 Å². The van der Waals surface area contributed by atoms with Crippen molar-refractivity contribution in [1.82, 2.24) is 14.1 Å². The van der Waals surface area contributed by atoms with Crippen LogP contribution < -0.4 is 0 Å². The first-order valence-electron chi connectivity index (χ1n) is 8.96. The summed E-state index contributed by atoms with van der Waals surface area (Å²) in [6, 6.07) is 0. The van der Waals surface area contributed by atoms with Crippen molar-refractivity contribution in [2.45, 2.75) is 19.3 Å². The highest BCUT2D eigenvalue weighted by Gasteiger charge is 2.35. The van der Waals surface area contributed by atoms with E-state index in [4.69, 9.17) is 4.74 Å². The van der Waals surface area contributed by atoms with E-state index in [1.54, 1.807) is 4.31 Å². The SMILES string of the molecule is CS(=O)(=O)N1CCC(C2CCN(C(=O)CN3CCOCC3)C2)CC1. The Hall–Kier alpha value is -0.700. The molecule has 7 nitrogen and oxygen atoms in total. The van der Waals surface area contributed by atoms with E-state index < -0.39 is 10.0 Å². The van der Waals surface area contributed by atoms with Gasteiger partial charge in [0.05, 0.1) is 26.0 Å². The van der Waals surface area contributed by atoms with Crippen LogP contribution in [-0.4, -0.2) is 93.7 Å². The Kier molecular flexibility index (Phi) is 5.79. The average molecular weight is 359 g/mol. The lowest BCUT2D eigenvalue weighted by atomic mass is 9.84. The molecule has 3 saturated heterocycles. The van der Waals surface area contributed by atoms with E-state index in [0.717, 1.165) is 58.7 Å². The molecule has 1 atom stereocenters. The molecular weight excluding hydrogens is 330 g/mol. The van der Waals surface area contributed by atoms with Gasteiger partial charge in [-0.25, -0.2) is 12.7 Å². The standard InChI is InChI=1S/C16H29N3O4S/c1-24(21,22)19-6-3-14(4-7-19)15-2-5-18(12-15)16(20)13-17-8-10-23-11-9-17/h14-15H,2-13H2,1H3. The molecule has 138 valence electrons. The number of amides is 1. The van der Waals surface area contributed by atoms with E-state index in [0.29, 0.717) is 31.5 Å². The lowest BCUT2D eigenvalue weighted by Crippen LogP contribution is -2.44. The second kappa shape index (κ2) is 7.68. The minimum Gasteiger partial charge on any atom is -0.379 e. The summed E-state index contributed by atoms with van der Waals surface area (Å²) in [5, 5.41) is 0. The summed E-state index contributed by atoms with van der Waals surface area (Å²) in [6.07, 6.45) is 4.18. The number of ether oxygens (including phenoxy) is 1. The van der Waals surface area contributed by atoms with Gasteiger partial charge in [0.2, 0.25) is 15.9 Å². The smallest absolute Gasteiger partial charge is 0.236 e. The monoisotopic (exact) mass is 359 g/mol. The molecule has 1 amide bonds. The van der Waals surface area contributed by atoms with Crippen molar-refractivity contribution in [3.63, 3.8) is 0 Å². The summed E-state index contributed by atoms with van der Waals surface area (Å²) >= 11 is 0. The van der Waals surface area contributed by atoms with Crippen LogP contribution in [0.1, 0.15) is 19.3 Å². The van der Waals surface area contributed by atoms with Crippen molar-refractivity contribution in [3.05, 3.63) is 0 Å². The molecule has 3 aliphatic heterocycles. The number of piperidine rings is 1. The average Bonchev–Trinajstić information content (AvgIpc) is 3.05. The van der Waals surface area contributed by atoms with Crippen molar-refractivity contribution >= 4 is 15.9 Å². The number of hydrogen-bond acceptors (Lipinski definition) is 5. The topological polar surface area (TPSA) is 70.2 Å². The first kappa shape index (κ1) is 18.1. The molecule has 0 aliphatic carbocycles. The largest absolute Gasteiger partial charge is 0.379 e. The van der Waals surface area contributed by atoms with E-state index in [1.165, 1.54) is 6.26 Å². The van der Waals surface area contributed by atoms with E-state index in [2.05, 4.69) is 4.90 Å². The van der Waals surface area contributed by atoms with Gasteiger partial charge in [-0.05, 0) is 31.1 Å². The Bertz CT molecular complexity index is 540. The Labute approximate surface area is 145 Å². The van der Waals surface area contributed by atoms with Crippen LogP contribution in [0.4, 0.5) is 0 Å². The third-order valence-corrected chi connectivity index (χ3v) is 6.98. The number of carbonyl (C=O) groups is 1. The fourth-order valence-corrected chi connectivity index (χ4v) is 5.00. The third-order valence-electron chi connectivity index (χ3n) is 5.67. The maximum Gasteiger partial charge on any atom is 0.236 e. The van der Waals surface area contributed by atoms with Crippen LogP contribution in [-0.2, 0) is 19.6 Å². The molecule has 3 aliphatic rings. The second-order valence-electron chi connectivity index (χ2n) is 7.28. The van der Waals surface area contributed by atoms with E-state index in [1.807, 2.05) is 4.90 Å². The zero-order chi connectivity index (χ0) is 17.2. The van der Waals surface area contributed by atoms with E-state index in [9.17, 15) is 13.2 Å². The maximum absolute atomic E-state index is 12.5. The molecule has 0 aromatic rings. The Balaban J connectivity index is 1.44. The Morgan fingerprint density at radius 1 is 1.00 bits per heavy atom. The molecule has 0 N–H and O–H groups in total. The zero-order valence-corrected chi connectivity index (χ0v) is 15.3. The van der Waals surface area contributed by atoms with Crippen LogP contribution in [0.25, 0.3) is 0 Å². The fraction of sp³-hybridized carbons (Fsp3) is 0.938. The molecule has 3 rings (SSSR count). The molecular formula is C16H29N3O4S. The van der Waals surface area contributed by atoms with Crippen LogP contribution in [0.15, 0.2) is 0 Å². The highest BCUT2D eigenvalue weighted by molar-refractivity contribution is 7.88. The van der Waals surface area contributed by atoms with Gasteiger partial charge in [0.25, 0.3) is 0 Å². The first-order valence-corrected chi connectivity index (χ1v) is 10.8. The predicted molar refractivity (Wildman–Crippen MR) is 91.1 cm³/mol. The van der Waals surface area contributed by atoms with Crippen LogP contribution in [0, 0.1) is 11.8 Å². The van der Waals surface area contributed by atoms with E-state index >= 15 is 0 Å². The van der Waals surface area contributed by atoms with Crippen LogP contribution in [0.2, 0.25) is 0 Å². The summed E-state index contributed by atoms with van der Waals surface area (Å²) in [6.45, 7) is 6.56. The summed E-state index contributed by atoms with van der Waals surface area (Å²) < 4.78 is 30.1. The second-order valence-corrected chi connectivity index (χ2v) is 9.26. The predicted octanol–water partition coefficient (Wildman–Crippen LogP) is -0.161. The van der Waals surface area contributed by atoms with Crippen molar-refractivity contribution in [2.24, 2.45) is 11.8 Å². The number of nitrogens with zero attached hydrogens (tertiary/aromatic N) is 3. The molecule has 3 heterocycles. The van der Waals surface area contributed by atoms with Gasteiger partial charge < -0.3 is 9.64 Å². The summed E-state index contributed by atoms with van der Waals surface area (Å²) in [7, 11) is -3.06. The quantitative estimate of drug-likeness (QED) is 0.698. The van der Waals surface area contributed by atoms with Gasteiger partial charge in [0.1, 0.15) is 0 Å². The highest BCUT2D eigenvalue weighted by atomic mass is 32.2. The van der Waals surface area contributed by atoms with Gasteiger partial charge in [0.15, 0.2) is 0 Å². The van der Waals surface area contributed by atoms with Gasteiger partial charge in [-0.3, -0.25) is 9.69 Å². The maximum atomic E-state index is 12.5. The van der Waals surface area contributed by atoms with E-state index in [-0.39, 0.29) is 5.91 Å². The van der Waals surface area contributed by atoms with Gasteiger partial charge in [0, 0.05) is 39.3 Å². The molecule has 0 aromatic carbocycles. The van der Waals surface area contributed by atoms with Gasteiger partial charge in [-0.2, -0.15) is 0 Å². The minimum absolute atomic E-state index is 0.230. The molecule has 24 heavy (non-hydrogen) atoms. The van der Waals surface area contributed by atoms with Crippen LogP contribution in [0.3, 0.4) is 0 Å². The van der Waals surface area contributed by atoms with Crippen LogP contribution in [0.5, 0.6) is 0 Å². The minimum atomic E-state index is -3.06. The number of hydrogen-bond donors (Lipinski definition) is 0. The molecule has 0 aromatic heterocycles. The zero-order valence-electron chi connectivity index (χ0n) is 14.5. The van der Waals surface area contributed by atoms with Crippen molar-refractivity contribution in [1.29, 1.82) is 0 Å². The summed E-state index contributed by atoms with van der Waals surface area (Å²) in [5.74, 6) is 1.30. The Morgan fingerprint density at radius 2 is 1.62 bits per heavy atom. The van der Waals surface area contributed by atoms with Gasteiger partial charge >= 0.3 is 0 Å². The molecule has 0 saturated carbocycles. The highest BCUT2D eigenvalue weighted by Crippen LogP contribution is 2.32. The lowest BCUT2D eigenvalue weighted by molar-refractivity contribution is -0.132. The fourth-order valence-electron chi connectivity index (χ4n) is 4.13. The van der Waals surface area contributed by atoms with Crippen LogP contribution >= 0.6 is 0 Å². The van der Waals surface area contributed by atoms with Crippen molar-refractivity contribution < 1.29 is 17.9 Å². The van der Waals surface area contributed by atoms with Crippen molar-refractivity contribution in [2.75, 3.05) is 65.3 Å². The molecule has 0 radical (unpaired) electrons. The van der Waals surface area contributed by atoms with Gasteiger partial charge in [-0.15, -0.1) is 0 Å². The number of rotatable bonds is 4. The molecule has 1 unspecified atom stereocenters. The number of sulfonamides is 1. The molecule has 0 bridgehead atoms. The first-order chi connectivity index (χ1) is 11.4. The molecule has 8 heteroatoms.